The van der Waals surface area contributed by atoms with Crippen molar-refractivity contribution in [3.63, 3.8) is 0 Å². The zero-order valence-electron chi connectivity index (χ0n) is 18.7. The number of rotatable bonds is 1. The molecule has 4 aliphatic carbocycles. The Morgan fingerprint density at radius 2 is 1.83 bits per heavy atom. The summed E-state index contributed by atoms with van der Waals surface area (Å²) < 4.78 is 0. The van der Waals surface area contributed by atoms with Crippen molar-refractivity contribution in [1.29, 1.82) is 0 Å². The smallest absolute Gasteiger partial charge is 0.123 e. The van der Waals surface area contributed by atoms with E-state index in [2.05, 4.69) is 45.0 Å². The number of hydrogen-bond donors (Lipinski definition) is 1. The molecular formula is C27H35NOS. The first-order valence-electron chi connectivity index (χ1n) is 12.1. The minimum absolute atomic E-state index is 0.0645. The van der Waals surface area contributed by atoms with Crippen molar-refractivity contribution < 1.29 is 5.11 Å². The van der Waals surface area contributed by atoms with Gasteiger partial charge < -0.3 is 5.11 Å². The lowest BCUT2D eigenvalue weighted by Crippen LogP contribution is -2.52. The fourth-order valence-corrected chi connectivity index (χ4v) is 9.73. The van der Waals surface area contributed by atoms with Crippen LogP contribution in [0.15, 0.2) is 24.3 Å². The lowest BCUT2D eigenvalue weighted by Gasteiger charge is -2.59. The van der Waals surface area contributed by atoms with E-state index in [9.17, 15) is 5.11 Å². The maximum atomic E-state index is 10.7. The zero-order chi connectivity index (χ0) is 20.7. The maximum Gasteiger partial charge on any atom is 0.123 e. The molecule has 1 heterocycles. The molecule has 2 nitrogen and oxygen atoms in total. The highest BCUT2D eigenvalue weighted by Crippen LogP contribution is 2.68. The lowest BCUT2D eigenvalue weighted by atomic mass is 9.45. The fourth-order valence-electron chi connectivity index (χ4n) is 8.32. The number of benzene rings is 1. The van der Waals surface area contributed by atoms with Crippen LogP contribution in [0, 0.1) is 35.5 Å². The minimum Gasteiger partial charge on any atom is -0.393 e. The molecule has 6 rings (SSSR count). The highest BCUT2D eigenvalue weighted by molar-refractivity contribution is 7.15. The number of aromatic nitrogens is 1. The van der Waals surface area contributed by atoms with E-state index in [1.165, 1.54) is 60.4 Å². The maximum absolute atomic E-state index is 10.7. The van der Waals surface area contributed by atoms with Gasteiger partial charge in [0.1, 0.15) is 5.01 Å². The molecule has 1 N–H and O–H groups in total. The van der Waals surface area contributed by atoms with Gasteiger partial charge in [-0.05, 0) is 92.9 Å². The third-order valence-electron chi connectivity index (χ3n) is 10.0. The highest BCUT2D eigenvalue weighted by Gasteiger charge is 2.60. The molecule has 4 aliphatic rings. The molecule has 160 valence electrons. The Hall–Kier alpha value is -1.19. The Bertz CT molecular complexity index is 981. The molecule has 7 atom stereocenters. The number of nitrogens with zero attached hydrogens (tertiary/aromatic N) is 1. The minimum atomic E-state index is -0.0645. The summed E-state index contributed by atoms with van der Waals surface area (Å²) in [6.07, 6.45) is 9.90. The summed E-state index contributed by atoms with van der Waals surface area (Å²) >= 11 is 1.99. The SMILES string of the molecule is Cc1cccc(-c2nc3c(s2)[C@@H]2CC[C@@H]4[C@H](CC[C@]5(C)[C@@H](O)CC[C@@H]45)[C@@]2(C)CC3)c1. The number of fused-ring (bicyclic) bond motifs is 7. The molecule has 0 radical (unpaired) electrons. The van der Waals surface area contributed by atoms with Crippen molar-refractivity contribution in [3.8, 4) is 10.6 Å². The molecule has 1 aromatic heterocycles. The molecule has 1 aromatic carbocycles. The molecule has 0 spiro atoms. The number of aryl methyl sites for hydroxylation is 2. The van der Waals surface area contributed by atoms with Crippen molar-refractivity contribution >= 4 is 11.3 Å². The van der Waals surface area contributed by atoms with Crippen LogP contribution in [-0.4, -0.2) is 16.2 Å². The quantitative estimate of drug-likeness (QED) is 0.552. The molecule has 3 saturated carbocycles. The predicted molar refractivity (Wildman–Crippen MR) is 124 cm³/mol. The van der Waals surface area contributed by atoms with Crippen LogP contribution in [0.4, 0.5) is 0 Å². The van der Waals surface area contributed by atoms with Crippen molar-refractivity contribution in [1.82, 2.24) is 4.98 Å². The Labute approximate surface area is 185 Å². The normalized spacial score (nSPS) is 42.2. The standard InChI is InChI=1S/C27H35NOS/c1-16-5-4-6-17(15-16)25-28-22-12-14-26(2)20-11-13-27(3)19(9-10-23(27)29)18(20)7-8-21(26)24(22)30-25/h4-6,15,18-21,23,29H,7-14H2,1-3H3/t18-,19-,20-,21-,23-,26+,27-/m0/s1. The Morgan fingerprint density at radius 3 is 2.67 bits per heavy atom. The van der Waals surface area contributed by atoms with Gasteiger partial charge >= 0.3 is 0 Å². The van der Waals surface area contributed by atoms with Crippen LogP contribution in [-0.2, 0) is 6.42 Å². The van der Waals surface area contributed by atoms with Gasteiger partial charge in [0, 0.05) is 16.4 Å². The molecular weight excluding hydrogens is 386 g/mol. The van der Waals surface area contributed by atoms with Crippen LogP contribution in [0.1, 0.15) is 80.8 Å². The van der Waals surface area contributed by atoms with Gasteiger partial charge in [0.25, 0.3) is 0 Å². The summed E-state index contributed by atoms with van der Waals surface area (Å²) in [5.41, 5.74) is 4.61. The van der Waals surface area contributed by atoms with Gasteiger partial charge in [-0.15, -0.1) is 11.3 Å². The summed E-state index contributed by atoms with van der Waals surface area (Å²) in [5, 5.41) is 12.0. The number of aliphatic hydroxyl groups excluding tert-OH is 1. The molecule has 0 saturated heterocycles. The van der Waals surface area contributed by atoms with Crippen molar-refractivity contribution in [2.24, 2.45) is 28.6 Å². The van der Waals surface area contributed by atoms with E-state index in [-0.39, 0.29) is 11.5 Å². The van der Waals surface area contributed by atoms with Gasteiger partial charge in [0.15, 0.2) is 0 Å². The summed E-state index contributed by atoms with van der Waals surface area (Å²) in [6, 6.07) is 8.84. The van der Waals surface area contributed by atoms with E-state index in [1.807, 2.05) is 11.3 Å². The van der Waals surface area contributed by atoms with E-state index >= 15 is 0 Å². The second-order valence-corrected chi connectivity index (χ2v) is 12.4. The Balaban J connectivity index is 1.34. The highest BCUT2D eigenvalue weighted by atomic mass is 32.1. The zero-order valence-corrected chi connectivity index (χ0v) is 19.5. The first-order chi connectivity index (χ1) is 14.4. The second kappa shape index (κ2) is 6.65. The summed E-state index contributed by atoms with van der Waals surface area (Å²) in [7, 11) is 0. The van der Waals surface area contributed by atoms with Gasteiger partial charge in [0.05, 0.1) is 11.8 Å². The number of hydrogen-bond acceptors (Lipinski definition) is 3. The van der Waals surface area contributed by atoms with Gasteiger partial charge in [0.2, 0.25) is 0 Å². The lowest BCUT2D eigenvalue weighted by molar-refractivity contribution is -0.0985. The average Bonchev–Trinajstić information content (AvgIpc) is 3.29. The molecule has 2 aromatic rings. The largest absolute Gasteiger partial charge is 0.393 e. The van der Waals surface area contributed by atoms with Gasteiger partial charge in [-0.3, -0.25) is 0 Å². The van der Waals surface area contributed by atoms with Crippen LogP contribution in [0.5, 0.6) is 0 Å². The summed E-state index contributed by atoms with van der Waals surface area (Å²) in [6.45, 7) is 7.19. The fraction of sp³-hybridized carbons (Fsp3) is 0.667. The predicted octanol–water partition coefficient (Wildman–Crippen LogP) is 6.75. The van der Waals surface area contributed by atoms with E-state index < -0.39 is 0 Å². The summed E-state index contributed by atoms with van der Waals surface area (Å²) in [5.74, 6) is 3.09. The molecule has 0 bridgehead atoms. The third-order valence-corrected chi connectivity index (χ3v) is 11.3. The first kappa shape index (κ1) is 19.5. The van der Waals surface area contributed by atoms with E-state index in [1.54, 1.807) is 4.88 Å². The molecule has 3 heteroatoms. The van der Waals surface area contributed by atoms with Crippen molar-refractivity contribution in [2.75, 3.05) is 0 Å². The van der Waals surface area contributed by atoms with Gasteiger partial charge in [-0.25, -0.2) is 4.98 Å². The van der Waals surface area contributed by atoms with Crippen LogP contribution < -0.4 is 0 Å². The summed E-state index contributed by atoms with van der Waals surface area (Å²) in [4.78, 5) is 6.76. The molecule has 30 heavy (non-hydrogen) atoms. The number of aliphatic hydroxyl groups is 1. The van der Waals surface area contributed by atoms with Crippen LogP contribution in [0.25, 0.3) is 10.6 Å². The van der Waals surface area contributed by atoms with Crippen LogP contribution >= 0.6 is 11.3 Å². The van der Waals surface area contributed by atoms with Crippen molar-refractivity contribution in [2.45, 2.75) is 84.2 Å². The third kappa shape index (κ3) is 2.60. The molecule has 3 fully saturated rings. The van der Waals surface area contributed by atoms with E-state index in [0.29, 0.717) is 11.3 Å². The van der Waals surface area contributed by atoms with Crippen LogP contribution in [0.2, 0.25) is 0 Å². The monoisotopic (exact) mass is 421 g/mol. The average molecular weight is 422 g/mol. The van der Waals surface area contributed by atoms with Crippen LogP contribution in [0.3, 0.4) is 0 Å². The van der Waals surface area contributed by atoms with Crippen molar-refractivity contribution in [3.05, 3.63) is 40.4 Å². The van der Waals surface area contributed by atoms with E-state index in [4.69, 9.17) is 4.98 Å². The van der Waals surface area contributed by atoms with Gasteiger partial charge in [-0.1, -0.05) is 37.6 Å². The topological polar surface area (TPSA) is 33.1 Å². The Morgan fingerprint density at radius 1 is 1.00 bits per heavy atom. The Kier molecular flexibility index (Phi) is 4.32. The second-order valence-electron chi connectivity index (χ2n) is 11.3. The van der Waals surface area contributed by atoms with E-state index in [0.717, 1.165) is 30.6 Å². The number of thiazole rings is 1. The van der Waals surface area contributed by atoms with Gasteiger partial charge in [-0.2, -0.15) is 0 Å². The molecule has 0 amide bonds. The molecule has 0 aliphatic heterocycles. The molecule has 0 unspecified atom stereocenters. The first-order valence-corrected chi connectivity index (χ1v) is 13.0.